The van der Waals surface area contributed by atoms with Gasteiger partial charge >= 0.3 is 0 Å². The highest BCUT2D eigenvalue weighted by Crippen LogP contribution is 2.16. The zero-order valence-corrected chi connectivity index (χ0v) is 16.1. The Morgan fingerprint density at radius 3 is 2.26 bits per heavy atom. The predicted molar refractivity (Wildman–Crippen MR) is 95.8 cm³/mol. The van der Waals surface area contributed by atoms with Crippen LogP contribution in [-0.4, -0.2) is 56.4 Å². The SMILES string of the molecule is CCCCCC(CCCC)OCCCCN1CCN(C)S1(=O)=O. The number of unbranched alkanes of at least 4 members (excludes halogenated alkanes) is 4. The van der Waals surface area contributed by atoms with Crippen LogP contribution in [0.5, 0.6) is 0 Å². The van der Waals surface area contributed by atoms with Gasteiger partial charge < -0.3 is 4.74 Å². The molecule has 1 unspecified atom stereocenters. The van der Waals surface area contributed by atoms with E-state index >= 15 is 0 Å². The van der Waals surface area contributed by atoms with Crippen molar-refractivity contribution in [2.45, 2.75) is 77.7 Å². The average Bonchev–Trinajstić information content (AvgIpc) is 2.78. The summed E-state index contributed by atoms with van der Waals surface area (Å²) in [4.78, 5) is 0. The maximum absolute atomic E-state index is 12.0. The Balaban J connectivity index is 2.17. The molecule has 0 spiro atoms. The van der Waals surface area contributed by atoms with Crippen LogP contribution in [0.4, 0.5) is 0 Å². The minimum atomic E-state index is -3.17. The Hall–Kier alpha value is -0.170. The highest BCUT2D eigenvalue weighted by molar-refractivity contribution is 7.87. The number of ether oxygens (including phenoxy) is 1. The molecule has 23 heavy (non-hydrogen) atoms. The number of hydrogen-bond acceptors (Lipinski definition) is 3. The van der Waals surface area contributed by atoms with Gasteiger partial charge in [-0.25, -0.2) is 0 Å². The average molecular weight is 349 g/mol. The van der Waals surface area contributed by atoms with E-state index in [2.05, 4.69) is 13.8 Å². The second kappa shape index (κ2) is 11.4. The lowest BCUT2D eigenvalue weighted by atomic mass is 10.1. The molecule has 1 heterocycles. The van der Waals surface area contributed by atoms with Gasteiger partial charge in [0, 0.05) is 33.3 Å². The molecule has 0 aromatic carbocycles. The largest absolute Gasteiger partial charge is 0.378 e. The predicted octanol–water partition coefficient (Wildman–Crippen LogP) is 3.41. The van der Waals surface area contributed by atoms with Crippen LogP contribution in [0.15, 0.2) is 0 Å². The second-order valence-electron chi connectivity index (χ2n) is 6.57. The fourth-order valence-electron chi connectivity index (χ4n) is 2.91. The van der Waals surface area contributed by atoms with E-state index in [-0.39, 0.29) is 0 Å². The van der Waals surface area contributed by atoms with Crippen LogP contribution in [0.1, 0.15) is 71.6 Å². The molecular weight excluding hydrogens is 312 g/mol. The zero-order valence-electron chi connectivity index (χ0n) is 15.3. The third kappa shape index (κ3) is 7.50. The molecule has 0 aromatic heterocycles. The second-order valence-corrected chi connectivity index (χ2v) is 8.60. The molecule has 1 rings (SSSR count). The van der Waals surface area contributed by atoms with E-state index in [1.807, 2.05) is 0 Å². The first kappa shape index (κ1) is 20.9. The van der Waals surface area contributed by atoms with Crippen LogP contribution in [0.3, 0.4) is 0 Å². The molecule has 0 aromatic rings. The first-order valence-corrected chi connectivity index (χ1v) is 10.7. The molecule has 0 radical (unpaired) electrons. The minimum absolute atomic E-state index is 0.392. The highest BCUT2D eigenvalue weighted by atomic mass is 32.2. The first-order valence-electron chi connectivity index (χ1n) is 9.35. The Morgan fingerprint density at radius 2 is 1.65 bits per heavy atom. The van der Waals surface area contributed by atoms with Crippen molar-refractivity contribution in [1.29, 1.82) is 0 Å². The van der Waals surface area contributed by atoms with Gasteiger partial charge in [0.2, 0.25) is 0 Å². The van der Waals surface area contributed by atoms with Crippen LogP contribution < -0.4 is 0 Å². The van der Waals surface area contributed by atoms with Crippen LogP contribution in [0, 0.1) is 0 Å². The molecule has 1 fully saturated rings. The van der Waals surface area contributed by atoms with Crippen LogP contribution >= 0.6 is 0 Å². The zero-order chi connectivity index (χ0) is 17.1. The van der Waals surface area contributed by atoms with Crippen LogP contribution in [-0.2, 0) is 14.9 Å². The van der Waals surface area contributed by atoms with Crippen molar-refractivity contribution in [3.63, 3.8) is 0 Å². The van der Waals surface area contributed by atoms with Crippen molar-refractivity contribution in [2.75, 3.05) is 33.3 Å². The van der Waals surface area contributed by atoms with Crippen molar-refractivity contribution < 1.29 is 13.2 Å². The Labute approximate surface area is 143 Å². The fraction of sp³-hybridized carbons (Fsp3) is 1.00. The summed E-state index contributed by atoms with van der Waals surface area (Å²) in [7, 11) is -1.52. The van der Waals surface area contributed by atoms with Crippen molar-refractivity contribution in [2.24, 2.45) is 0 Å². The van der Waals surface area contributed by atoms with E-state index in [1.54, 1.807) is 11.4 Å². The maximum atomic E-state index is 12.0. The summed E-state index contributed by atoms with van der Waals surface area (Å²) in [5, 5.41) is 0. The van der Waals surface area contributed by atoms with Crippen LogP contribution in [0.2, 0.25) is 0 Å². The van der Waals surface area contributed by atoms with E-state index in [4.69, 9.17) is 4.74 Å². The smallest absolute Gasteiger partial charge is 0.281 e. The van der Waals surface area contributed by atoms with Gasteiger partial charge in [-0.15, -0.1) is 0 Å². The Morgan fingerprint density at radius 1 is 0.957 bits per heavy atom. The van der Waals surface area contributed by atoms with E-state index in [9.17, 15) is 8.42 Å². The van der Waals surface area contributed by atoms with E-state index in [0.29, 0.717) is 25.7 Å². The summed E-state index contributed by atoms with van der Waals surface area (Å²) in [6, 6.07) is 0. The van der Waals surface area contributed by atoms with Gasteiger partial charge in [-0.1, -0.05) is 46.0 Å². The summed E-state index contributed by atoms with van der Waals surface area (Å²) >= 11 is 0. The van der Waals surface area contributed by atoms with Crippen molar-refractivity contribution in [1.82, 2.24) is 8.61 Å². The van der Waals surface area contributed by atoms with E-state index < -0.39 is 10.2 Å². The van der Waals surface area contributed by atoms with Gasteiger partial charge in [-0.3, -0.25) is 0 Å². The van der Waals surface area contributed by atoms with E-state index in [0.717, 1.165) is 25.9 Å². The lowest BCUT2D eigenvalue weighted by Crippen LogP contribution is -2.31. The normalized spacial score (nSPS) is 20.1. The Bertz CT molecular complexity index is 401. The minimum Gasteiger partial charge on any atom is -0.378 e. The van der Waals surface area contributed by atoms with Crippen molar-refractivity contribution in [3.05, 3.63) is 0 Å². The third-order valence-corrected chi connectivity index (χ3v) is 6.54. The van der Waals surface area contributed by atoms with Crippen molar-refractivity contribution >= 4 is 10.2 Å². The summed E-state index contributed by atoms with van der Waals surface area (Å²) in [5.41, 5.74) is 0. The van der Waals surface area contributed by atoms with E-state index in [1.165, 1.54) is 42.8 Å². The summed E-state index contributed by atoms with van der Waals surface area (Å²) in [6.07, 6.45) is 10.8. The number of rotatable bonds is 13. The van der Waals surface area contributed by atoms with Gasteiger partial charge in [0.15, 0.2) is 0 Å². The third-order valence-electron chi connectivity index (χ3n) is 4.55. The molecular formula is C17H36N2O3S. The van der Waals surface area contributed by atoms with Gasteiger partial charge in [0.25, 0.3) is 10.2 Å². The molecule has 138 valence electrons. The molecule has 1 aliphatic rings. The van der Waals surface area contributed by atoms with Gasteiger partial charge in [-0.2, -0.15) is 17.0 Å². The summed E-state index contributed by atoms with van der Waals surface area (Å²) in [5.74, 6) is 0. The number of nitrogens with zero attached hydrogens (tertiary/aromatic N) is 2. The number of hydrogen-bond donors (Lipinski definition) is 0. The molecule has 0 bridgehead atoms. The summed E-state index contributed by atoms with van der Waals surface area (Å²) in [6.45, 7) is 7.04. The molecule has 5 nitrogen and oxygen atoms in total. The first-order chi connectivity index (χ1) is 11.0. The molecule has 1 aliphatic heterocycles. The molecule has 6 heteroatoms. The summed E-state index contributed by atoms with van der Waals surface area (Å²) < 4.78 is 33.0. The lowest BCUT2D eigenvalue weighted by Gasteiger charge is -2.19. The molecule has 1 saturated heterocycles. The maximum Gasteiger partial charge on any atom is 0.281 e. The molecule has 1 atom stereocenters. The molecule has 0 N–H and O–H groups in total. The number of likely N-dealkylation sites (N-methyl/N-ethyl adjacent to an activating group) is 1. The standard InChI is InChI=1S/C17H36N2O3S/c1-4-6-8-12-17(11-7-5-2)22-16-10-9-13-19-15-14-18(3)23(19,20)21/h17H,4-16H2,1-3H3. The van der Waals surface area contributed by atoms with Crippen molar-refractivity contribution in [3.8, 4) is 0 Å². The van der Waals surface area contributed by atoms with Crippen LogP contribution in [0.25, 0.3) is 0 Å². The quantitative estimate of drug-likeness (QED) is 0.479. The van der Waals surface area contributed by atoms with Gasteiger partial charge in [0.05, 0.1) is 6.10 Å². The fourth-order valence-corrected chi connectivity index (χ4v) is 4.29. The van der Waals surface area contributed by atoms with Gasteiger partial charge in [0.1, 0.15) is 0 Å². The molecule has 0 amide bonds. The molecule has 0 aliphatic carbocycles. The molecule has 0 saturated carbocycles. The van der Waals surface area contributed by atoms with Gasteiger partial charge in [-0.05, 0) is 25.7 Å². The lowest BCUT2D eigenvalue weighted by molar-refractivity contribution is 0.0360. The topological polar surface area (TPSA) is 49.9 Å². The monoisotopic (exact) mass is 348 g/mol. The Kier molecular flexibility index (Phi) is 10.3. The highest BCUT2D eigenvalue weighted by Gasteiger charge is 2.32.